The Labute approximate surface area is 140 Å². The maximum atomic E-state index is 12.4. The minimum atomic E-state index is 0.197. The molecule has 1 aliphatic carbocycles. The summed E-state index contributed by atoms with van der Waals surface area (Å²) in [4.78, 5) is 14.5. The van der Waals surface area contributed by atoms with E-state index >= 15 is 0 Å². The summed E-state index contributed by atoms with van der Waals surface area (Å²) < 4.78 is 6.09. The fourth-order valence-electron chi connectivity index (χ4n) is 3.90. The van der Waals surface area contributed by atoms with Crippen LogP contribution in [0.15, 0.2) is 47.2 Å². The van der Waals surface area contributed by atoms with Gasteiger partial charge in [0.1, 0.15) is 0 Å². The highest BCUT2D eigenvalue weighted by Crippen LogP contribution is 2.40. The number of fused-ring (bicyclic) bond motifs is 1. The zero-order valence-corrected chi connectivity index (χ0v) is 13.9. The van der Waals surface area contributed by atoms with Crippen LogP contribution >= 0.6 is 11.3 Å². The smallest absolute Gasteiger partial charge is 0.254 e. The van der Waals surface area contributed by atoms with Gasteiger partial charge in [-0.15, -0.1) is 0 Å². The molecule has 3 nitrogen and oxygen atoms in total. The van der Waals surface area contributed by atoms with Gasteiger partial charge in [0.2, 0.25) is 0 Å². The second-order valence-corrected chi connectivity index (χ2v) is 7.41. The van der Waals surface area contributed by atoms with Gasteiger partial charge in [-0.3, -0.25) is 4.79 Å². The lowest BCUT2D eigenvalue weighted by Gasteiger charge is -2.19. The van der Waals surface area contributed by atoms with Crippen LogP contribution in [-0.2, 0) is 11.3 Å². The van der Waals surface area contributed by atoms with Crippen molar-refractivity contribution in [2.24, 2.45) is 11.8 Å². The first kappa shape index (κ1) is 14.9. The number of likely N-dealkylation sites (tertiary alicyclic amines) is 1. The number of hydrogen-bond donors (Lipinski definition) is 0. The van der Waals surface area contributed by atoms with Crippen molar-refractivity contribution >= 4 is 17.2 Å². The first-order valence-electron chi connectivity index (χ1n) is 8.26. The fourth-order valence-corrected chi connectivity index (χ4v) is 4.53. The Balaban J connectivity index is 1.29. The highest BCUT2D eigenvalue weighted by atomic mass is 32.1. The van der Waals surface area contributed by atoms with Crippen LogP contribution in [0.4, 0.5) is 0 Å². The minimum Gasteiger partial charge on any atom is -0.374 e. The molecule has 1 saturated heterocycles. The van der Waals surface area contributed by atoms with Crippen molar-refractivity contribution in [1.82, 2.24) is 4.90 Å². The van der Waals surface area contributed by atoms with E-state index in [1.165, 1.54) is 5.56 Å². The standard InChI is InChI=1S/C19H21NO2S/c21-19(15-6-7-23-13-15)20-10-16-8-18(9-17(16)11-20)22-12-14-4-2-1-3-5-14/h1-7,13,16-18H,8-12H2/t16-,17+,18?. The molecule has 1 amide bonds. The molecule has 2 aliphatic rings. The van der Waals surface area contributed by atoms with E-state index in [1.54, 1.807) is 11.3 Å². The van der Waals surface area contributed by atoms with Gasteiger partial charge in [-0.2, -0.15) is 11.3 Å². The Morgan fingerprint density at radius 2 is 1.87 bits per heavy atom. The van der Waals surface area contributed by atoms with Crippen molar-refractivity contribution in [3.05, 3.63) is 58.3 Å². The highest BCUT2D eigenvalue weighted by molar-refractivity contribution is 7.08. The third kappa shape index (κ3) is 3.19. The molecule has 2 fully saturated rings. The summed E-state index contributed by atoms with van der Waals surface area (Å²) in [5, 5.41) is 3.92. The van der Waals surface area contributed by atoms with Crippen molar-refractivity contribution in [1.29, 1.82) is 0 Å². The average Bonchev–Trinajstić information content (AvgIpc) is 3.29. The third-order valence-corrected chi connectivity index (χ3v) is 5.77. The number of hydrogen-bond acceptors (Lipinski definition) is 3. The van der Waals surface area contributed by atoms with Gasteiger partial charge in [0.25, 0.3) is 5.91 Å². The molecule has 1 unspecified atom stereocenters. The lowest BCUT2D eigenvalue weighted by molar-refractivity contribution is 0.0367. The fraction of sp³-hybridized carbons (Fsp3) is 0.421. The second kappa shape index (κ2) is 6.46. The van der Waals surface area contributed by atoms with Gasteiger partial charge in [0.05, 0.1) is 18.3 Å². The Bertz CT molecular complexity index is 641. The van der Waals surface area contributed by atoms with E-state index in [0.717, 1.165) is 31.5 Å². The van der Waals surface area contributed by atoms with Crippen LogP contribution in [0.1, 0.15) is 28.8 Å². The first-order chi connectivity index (χ1) is 11.3. The predicted octanol–water partition coefficient (Wildman–Crippen LogP) is 3.82. The zero-order valence-electron chi connectivity index (χ0n) is 13.1. The molecule has 0 radical (unpaired) electrons. The highest BCUT2D eigenvalue weighted by Gasteiger charge is 2.42. The van der Waals surface area contributed by atoms with Gasteiger partial charge in [0, 0.05) is 18.5 Å². The molecule has 0 spiro atoms. The number of carbonyl (C=O) groups excluding carboxylic acids is 1. The summed E-state index contributed by atoms with van der Waals surface area (Å²) in [6.07, 6.45) is 2.53. The quantitative estimate of drug-likeness (QED) is 0.854. The molecule has 1 saturated carbocycles. The molecule has 4 rings (SSSR count). The van der Waals surface area contributed by atoms with Gasteiger partial charge in [0.15, 0.2) is 0 Å². The molecule has 0 N–H and O–H groups in total. The largest absolute Gasteiger partial charge is 0.374 e. The van der Waals surface area contributed by atoms with Gasteiger partial charge >= 0.3 is 0 Å². The third-order valence-electron chi connectivity index (χ3n) is 5.09. The maximum absolute atomic E-state index is 12.4. The summed E-state index contributed by atoms with van der Waals surface area (Å²) in [6, 6.07) is 12.3. The number of carbonyl (C=O) groups is 1. The number of thiophene rings is 1. The van der Waals surface area contributed by atoms with E-state index < -0.39 is 0 Å². The van der Waals surface area contributed by atoms with Gasteiger partial charge in [-0.05, 0) is 41.7 Å². The number of amides is 1. The van der Waals surface area contributed by atoms with Crippen molar-refractivity contribution in [2.45, 2.75) is 25.6 Å². The Kier molecular flexibility index (Phi) is 4.19. The zero-order chi connectivity index (χ0) is 15.6. The van der Waals surface area contributed by atoms with E-state index in [-0.39, 0.29) is 5.91 Å². The van der Waals surface area contributed by atoms with Crippen LogP contribution in [0.3, 0.4) is 0 Å². The summed E-state index contributed by atoms with van der Waals surface area (Å²) in [5.41, 5.74) is 2.07. The summed E-state index contributed by atoms with van der Waals surface area (Å²) in [6.45, 7) is 2.48. The Morgan fingerprint density at radius 1 is 1.13 bits per heavy atom. The van der Waals surface area contributed by atoms with Crippen LogP contribution in [0.25, 0.3) is 0 Å². The second-order valence-electron chi connectivity index (χ2n) is 6.63. The summed E-state index contributed by atoms with van der Waals surface area (Å²) >= 11 is 1.59. The molecule has 3 atom stereocenters. The lowest BCUT2D eigenvalue weighted by atomic mass is 10.0. The maximum Gasteiger partial charge on any atom is 0.254 e. The lowest BCUT2D eigenvalue weighted by Crippen LogP contribution is -2.30. The number of ether oxygens (including phenoxy) is 1. The minimum absolute atomic E-state index is 0.197. The van der Waals surface area contributed by atoms with Crippen molar-refractivity contribution in [3.8, 4) is 0 Å². The van der Waals surface area contributed by atoms with Crippen molar-refractivity contribution < 1.29 is 9.53 Å². The summed E-state index contributed by atoms with van der Waals surface area (Å²) in [5.74, 6) is 1.42. The molecule has 120 valence electrons. The SMILES string of the molecule is O=C(c1ccsc1)N1C[C@H]2CC(OCc3ccccc3)C[C@H]2C1. The predicted molar refractivity (Wildman–Crippen MR) is 91.5 cm³/mol. The van der Waals surface area contributed by atoms with Crippen LogP contribution in [0.5, 0.6) is 0 Å². The number of benzene rings is 1. The van der Waals surface area contributed by atoms with E-state index in [1.807, 2.05) is 27.8 Å². The van der Waals surface area contributed by atoms with Crippen LogP contribution in [-0.4, -0.2) is 30.0 Å². The summed E-state index contributed by atoms with van der Waals surface area (Å²) in [7, 11) is 0. The van der Waals surface area contributed by atoms with E-state index in [4.69, 9.17) is 4.74 Å². The van der Waals surface area contributed by atoms with E-state index in [9.17, 15) is 4.79 Å². The van der Waals surface area contributed by atoms with Crippen molar-refractivity contribution in [2.75, 3.05) is 13.1 Å². The van der Waals surface area contributed by atoms with E-state index in [0.29, 0.717) is 24.5 Å². The topological polar surface area (TPSA) is 29.5 Å². The van der Waals surface area contributed by atoms with Gasteiger partial charge in [-0.25, -0.2) is 0 Å². The molecule has 0 bridgehead atoms. The average molecular weight is 327 g/mol. The molecular weight excluding hydrogens is 306 g/mol. The molecule has 1 aromatic heterocycles. The molecule has 2 heterocycles. The molecule has 1 aliphatic heterocycles. The molecule has 4 heteroatoms. The monoisotopic (exact) mass is 327 g/mol. The van der Waals surface area contributed by atoms with Crippen molar-refractivity contribution in [3.63, 3.8) is 0 Å². The Morgan fingerprint density at radius 3 is 2.52 bits per heavy atom. The van der Waals surface area contributed by atoms with Gasteiger partial charge < -0.3 is 9.64 Å². The molecule has 1 aromatic carbocycles. The number of rotatable bonds is 4. The van der Waals surface area contributed by atoms with E-state index in [2.05, 4.69) is 24.3 Å². The normalized spacial score (nSPS) is 26.4. The van der Waals surface area contributed by atoms with Gasteiger partial charge in [-0.1, -0.05) is 30.3 Å². The van der Waals surface area contributed by atoms with Crippen LogP contribution in [0.2, 0.25) is 0 Å². The molecule has 23 heavy (non-hydrogen) atoms. The number of nitrogens with zero attached hydrogens (tertiary/aromatic N) is 1. The molecule has 2 aromatic rings. The first-order valence-corrected chi connectivity index (χ1v) is 9.21. The van der Waals surface area contributed by atoms with Crippen LogP contribution in [0, 0.1) is 11.8 Å². The molecular formula is C19H21NO2S. The van der Waals surface area contributed by atoms with Crippen LogP contribution < -0.4 is 0 Å². The Hall–Kier alpha value is -1.65.